The van der Waals surface area contributed by atoms with Crippen LogP contribution in [-0.2, 0) is 14.8 Å². The number of carbonyl (C=O) groups is 1. The van der Waals surface area contributed by atoms with E-state index in [2.05, 4.69) is 5.32 Å². The second kappa shape index (κ2) is 9.28. The molecule has 0 bridgehead atoms. The highest BCUT2D eigenvalue weighted by molar-refractivity contribution is 7.89. The van der Waals surface area contributed by atoms with E-state index in [4.69, 9.17) is 10.00 Å². The molecule has 1 heterocycles. The van der Waals surface area contributed by atoms with Gasteiger partial charge in [-0.2, -0.15) is 9.57 Å². The van der Waals surface area contributed by atoms with Crippen LogP contribution in [0.3, 0.4) is 0 Å². The minimum Gasteiger partial charge on any atom is -0.479 e. The first-order chi connectivity index (χ1) is 14.3. The zero-order valence-electron chi connectivity index (χ0n) is 17.1. The largest absolute Gasteiger partial charge is 0.479 e. The predicted molar refractivity (Wildman–Crippen MR) is 114 cm³/mol. The summed E-state index contributed by atoms with van der Waals surface area (Å²) in [6.07, 6.45) is 0.943. The maximum atomic E-state index is 12.9. The number of rotatable bonds is 6. The second-order valence-corrected chi connectivity index (χ2v) is 9.32. The summed E-state index contributed by atoms with van der Waals surface area (Å²) in [6, 6.07) is 13.9. The maximum absolute atomic E-state index is 12.9. The molecule has 8 heteroatoms. The van der Waals surface area contributed by atoms with E-state index < -0.39 is 10.0 Å². The van der Waals surface area contributed by atoms with Crippen LogP contribution in [0.1, 0.15) is 24.0 Å². The molecular formula is C22H25N3O4S. The zero-order valence-corrected chi connectivity index (χ0v) is 17.9. The van der Waals surface area contributed by atoms with Crippen LogP contribution in [0.4, 0.5) is 5.69 Å². The smallest absolute Gasteiger partial charge is 0.243 e. The van der Waals surface area contributed by atoms with Gasteiger partial charge in [0.2, 0.25) is 15.9 Å². The van der Waals surface area contributed by atoms with Crippen LogP contribution < -0.4 is 10.1 Å². The Balaban J connectivity index is 1.57. The Morgan fingerprint density at radius 3 is 2.40 bits per heavy atom. The van der Waals surface area contributed by atoms with Crippen molar-refractivity contribution in [1.29, 1.82) is 5.26 Å². The van der Waals surface area contributed by atoms with Crippen molar-refractivity contribution in [2.75, 3.05) is 25.0 Å². The molecule has 1 N–H and O–H groups in total. The standard InChI is InChI=1S/C22H25N3O4S/c1-16-3-8-21(15-17(16)2)30(27,28)25-12-9-18(10-13-25)22(26)24-19-4-6-20(7-5-19)29-14-11-23/h3-8,15,18H,9-10,12-14H2,1-2H3,(H,24,26). The summed E-state index contributed by atoms with van der Waals surface area (Å²) in [6.45, 7) is 4.44. The first-order valence-electron chi connectivity index (χ1n) is 9.79. The number of hydrogen-bond donors (Lipinski definition) is 1. The summed E-state index contributed by atoms with van der Waals surface area (Å²) in [5.74, 6) is 0.189. The number of nitrogens with zero attached hydrogens (tertiary/aromatic N) is 2. The Kier molecular flexibility index (Phi) is 6.75. The number of hydrogen-bond acceptors (Lipinski definition) is 5. The third kappa shape index (κ3) is 4.99. The van der Waals surface area contributed by atoms with Crippen LogP contribution in [0.5, 0.6) is 5.75 Å². The van der Waals surface area contributed by atoms with E-state index in [1.54, 1.807) is 36.4 Å². The van der Waals surface area contributed by atoms with E-state index in [0.29, 0.717) is 42.3 Å². The van der Waals surface area contributed by atoms with Crippen LogP contribution in [0.15, 0.2) is 47.4 Å². The molecule has 1 saturated heterocycles. The summed E-state index contributed by atoms with van der Waals surface area (Å²) >= 11 is 0. The van der Waals surface area contributed by atoms with Gasteiger partial charge in [-0.3, -0.25) is 4.79 Å². The molecule has 2 aromatic rings. The van der Waals surface area contributed by atoms with Crippen molar-refractivity contribution in [2.45, 2.75) is 31.6 Å². The molecule has 0 unspecified atom stereocenters. The molecule has 0 saturated carbocycles. The Bertz CT molecular complexity index is 1050. The van der Waals surface area contributed by atoms with Gasteiger partial charge in [0, 0.05) is 24.7 Å². The summed E-state index contributed by atoms with van der Waals surface area (Å²) < 4.78 is 32.5. The highest BCUT2D eigenvalue weighted by Gasteiger charge is 2.32. The van der Waals surface area contributed by atoms with E-state index in [1.807, 2.05) is 26.0 Å². The Morgan fingerprint density at radius 1 is 1.13 bits per heavy atom. The van der Waals surface area contributed by atoms with Gasteiger partial charge < -0.3 is 10.1 Å². The lowest BCUT2D eigenvalue weighted by Crippen LogP contribution is -2.41. The van der Waals surface area contributed by atoms with Gasteiger partial charge in [-0.15, -0.1) is 0 Å². The highest BCUT2D eigenvalue weighted by atomic mass is 32.2. The normalized spacial score (nSPS) is 15.4. The lowest BCUT2D eigenvalue weighted by molar-refractivity contribution is -0.120. The van der Waals surface area contributed by atoms with Gasteiger partial charge in [0.15, 0.2) is 6.61 Å². The van der Waals surface area contributed by atoms with Crippen molar-refractivity contribution >= 4 is 21.6 Å². The van der Waals surface area contributed by atoms with Gasteiger partial charge in [-0.1, -0.05) is 6.07 Å². The number of piperidine rings is 1. The van der Waals surface area contributed by atoms with Crippen LogP contribution in [0, 0.1) is 31.1 Å². The average Bonchev–Trinajstić information content (AvgIpc) is 2.75. The first kappa shape index (κ1) is 21.8. The van der Waals surface area contributed by atoms with Crippen LogP contribution in [0.2, 0.25) is 0 Å². The lowest BCUT2D eigenvalue weighted by atomic mass is 9.97. The number of sulfonamides is 1. The van der Waals surface area contributed by atoms with Crippen molar-refractivity contribution in [3.05, 3.63) is 53.6 Å². The van der Waals surface area contributed by atoms with E-state index in [0.717, 1.165) is 11.1 Å². The quantitative estimate of drug-likeness (QED) is 0.763. The molecular weight excluding hydrogens is 402 g/mol. The zero-order chi connectivity index (χ0) is 21.7. The highest BCUT2D eigenvalue weighted by Crippen LogP contribution is 2.26. The van der Waals surface area contributed by atoms with Crippen molar-refractivity contribution in [3.63, 3.8) is 0 Å². The minimum atomic E-state index is -3.56. The van der Waals surface area contributed by atoms with Gasteiger partial charge in [-0.25, -0.2) is 8.42 Å². The van der Waals surface area contributed by atoms with Gasteiger partial charge >= 0.3 is 0 Å². The third-order valence-electron chi connectivity index (χ3n) is 5.37. The number of benzene rings is 2. The summed E-state index contributed by atoms with van der Waals surface area (Å²) in [5, 5.41) is 11.4. The fourth-order valence-electron chi connectivity index (χ4n) is 3.38. The number of ether oxygens (including phenoxy) is 1. The van der Waals surface area contributed by atoms with Crippen molar-refractivity contribution in [2.24, 2.45) is 5.92 Å². The lowest BCUT2D eigenvalue weighted by Gasteiger charge is -2.30. The Morgan fingerprint density at radius 2 is 1.80 bits per heavy atom. The molecule has 1 fully saturated rings. The van der Waals surface area contributed by atoms with E-state index >= 15 is 0 Å². The van der Waals surface area contributed by atoms with Crippen molar-refractivity contribution in [3.8, 4) is 11.8 Å². The number of nitriles is 1. The van der Waals surface area contributed by atoms with Crippen molar-refractivity contribution in [1.82, 2.24) is 4.31 Å². The maximum Gasteiger partial charge on any atom is 0.243 e. The Hall–Kier alpha value is -2.89. The van der Waals surface area contributed by atoms with E-state index in [-0.39, 0.29) is 18.4 Å². The van der Waals surface area contributed by atoms with Crippen molar-refractivity contribution < 1.29 is 17.9 Å². The van der Waals surface area contributed by atoms with Crippen LogP contribution in [0.25, 0.3) is 0 Å². The molecule has 158 valence electrons. The SMILES string of the molecule is Cc1ccc(S(=O)(=O)N2CCC(C(=O)Nc3ccc(OCC#N)cc3)CC2)cc1C. The van der Waals surface area contributed by atoms with Gasteiger partial charge in [0.05, 0.1) is 4.90 Å². The molecule has 3 rings (SSSR count). The minimum absolute atomic E-state index is 0.0324. The number of amides is 1. The number of nitrogens with one attached hydrogen (secondary N) is 1. The molecule has 0 aliphatic carbocycles. The molecule has 1 aliphatic rings. The second-order valence-electron chi connectivity index (χ2n) is 7.38. The molecule has 30 heavy (non-hydrogen) atoms. The average molecular weight is 428 g/mol. The fraction of sp³-hybridized carbons (Fsp3) is 0.364. The van der Waals surface area contributed by atoms with Gasteiger partial charge in [0.1, 0.15) is 11.8 Å². The number of carbonyl (C=O) groups excluding carboxylic acids is 1. The summed E-state index contributed by atoms with van der Waals surface area (Å²) in [4.78, 5) is 12.9. The van der Waals surface area contributed by atoms with Gasteiger partial charge in [0.25, 0.3) is 0 Å². The molecule has 2 aromatic carbocycles. The third-order valence-corrected chi connectivity index (χ3v) is 7.26. The summed E-state index contributed by atoms with van der Waals surface area (Å²) in [7, 11) is -3.56. The molecule has 7 nitrogen and oxygen atoms in total. The van der Waals surface area contributed by atoms with Crippen LogP contribution >= 0.6 is 0 Å². The van der Waals surface area contributed by atoms with E-state index in [9.17, 15) is 13.2 Å². The predicted octanol–water partition coefficient (Wildman–Crippen LogP) is 3.25. The Labute approximate surface area is 177 Å². The monoisotopic (exact) mass is 427 g/mol. The molecule has 0 aromatic heterocycles. The molecule has 1 amide bonds. The molecule has 0 spiro atoms. The first-order valence-corrected chi connectivity index (χ1v) is 11.2. The molecule has 1 aliphatic heterocycles. The number of anilines is 1. The molecule has 0 radical (unpaired) electrons. The topological polar surface area (TPSA) is 99.5 Å². The van der Waals surface area contributed by atoms with Crippen LogP contribution in [-0.4, -0.2) is 38.3 Å². The summed E-state index contributed by atoms with van der Waals surface area (Å²) in [5.41, 5.74) is 2.62. The fourth-order valence-corrected chi connectivity index (χ4v) is 4.93. The number of aryl methyl sites for hydroxylation is 2. The van der Waals surface area contributed by atoms with Gasteiger partial charge in [-0.05, 0) is 74.2 Å². The molecule has 0 atom stereocenters. The van der Waals surface area contributed by atoms with E-state index in [1.165, 1.54) is 4.31 Å².